The van der Waals surface area contributed by atoms with Crippen molar-refractivity contribution in [3.05, 3.63) is 93.1 Å². The maximum atomic E-state index is 14.0. The van der Waals surface area contributed by atoms with Crippen molar-refractivity contribution in [2.24, 2.45) is 0 Å². The summed E-state index contributed by atoms with van der Waals surface area (Å²) in [6.45, 7) is 11.1. The summed E-state index contributed by atoms with van der Waals surface area (Å²) >= 11 is 0. The van der Waals surface area contributed by atoms with E-state index in [-0.39, 0.29) is 29.1 Å². The molecule has 0 fully saturated rings. The molecule has 0 amide bonds. The third kappa shape index (κ3) is 5.16. The Labute approximate surface area is 233 Å². The predicted molar refractivity (Wildman–Crippen MR) is 159 cm³/mol. The van der Waals surface area contributed by atoms with Gasteiger partial charge >= 0.3 is 5.69 Å². The molecular weight excluding hydrogens is 520 g/mol. The van der Waals surface area contributed by atoms with Crippen molar-refractivity contribution < 1.29 is 9.15 Å². The summed E-state index contributed by atoms with van der Waals surface area (Å²) in [5.74, 6) is 0.381. The molecule has 0 unspecified atom stereocenters. The van der Waals surface area contributed by atoms with Crippen molar-refractivity contribution in [3.63, 3.8) is 0 Å². The summed E-state index contributed by atoms with van der Waals surface area (Å²) in [5.41, 5.74) is 1.87. The minimum Gasteiger partial charge on any atom is -0.451 e. The monoisotopic (exact) mass is 552 g/mol. The second-order valence-electron chi connectivity index (χ2n) is 11.7. The van der Waals surface area contributed by atoms with Gasteiger partial charge in [0.05, 0.1) is 22.4 Å². The van der Waals surface area contributed by atoms with Crippen LogP contribution in [0, 0.1) is 11.3 Å². The Balaban J connectivity index is 1.67. The molecule has 0 N–H and O–H groups in total. The number of nitrogens with zero attached hydrogens (tertiary/aromatic N) is 4. The van der Waals surface area contributed by atoms with Gasteiger partial charge in [0.2, 0.25) is 11.1 Å². The SMILES string of the molecule is CC(C)(C#N)c1ccc(-c2c(-c3ccccc3)oc3c(ccn4c(=O)n(COCC[Si](C)(C)C)nc34)c2=O)cc1. The lowest BCUT2D eigenvalue weighted by molar-refractivity contribution is 0.0761. The van der Waals surface area contributed by atoms with Crippen LogP contribution in [0.15, 0.2) is 80.9 Å². The Morgan fingerprint density at radius 3 is 2.35 bits per heavy atom. The number of hydrogen-bond donors (Lipinski definition) is 0. The van der Waals surface area contributed by atoms with Crippen LogP contribution in [-0.2, 0) is 16.9 Å². The van der Waals surface area contributed by atoms with E-state index in [0.717, 1.165) is 17.2 Å². The normalized spacial score (nSPS) is 12.2. The zero-order chi connectivity index (χ0) is 28.7. The second kappa shape index (κ2) is 10.4. The number of aromatic nitrogens is 3. The van der Waals surface area contributed by atoms with Gasteiger partial charge in [0.1, 0.15) is 12.5 Å². The summed E-state index contributed by atoms with van der Waals surface area (Å²) in [5, 5.41) is 14.3. The number of ether oxygens (including phenoxy) is 1. The van der Waals surface area contributed by atoms with Crippen molar-refractivity contribution in [3.8, 4) is 28.5 Å². The molecule has 5 aromatic rings. The van der Waals surface area contributed by atoms with E-state index in [1.165, 1.54) is 9.08 Å². The first-order valence-corrected chi connectivity index (χ1v) is 17.0. The van der Waals surface area contributed by atoms with E-state index in [1.807, 2.05) is 68.4 Å². The Bertz CT molecular complexity index is 1860. The van der Waals surface area contributed by atoms with Crippen LogP contribution in [-0.4, -0.2) is 28.9 Å². The molecule has 2 aromatic carbocycles. The molecule has 0 aliphatic heterocycles. The summed E-state index contributed by atoms with van der Waals surface area (Å²) in [6, 6.07) is 21.7. The highest BCUT2D eigenvalue weighted by molar-refractivity contribution is 6.76. The van der Waals surface area contributed by atoms with E-state index in [9.17, 15) is 14.9 Å². The number of fused-ring (bicyclic) bond motifs is 3. The smallest absolute Gasteiger partial charge is 0.352 e. The van der Waals surface area contributed by atoms with E-state index >= 15 is 0 Å². The lowest BCUT2D eigenvalue weighted by Gasteiger charge is -2.16. The van der Waals surface area contributed by atoms with Gasteiger partial charge in [-0.1, -0.05) is 74.2 Å². The van der Waals surface area contributed by atoms with E-state index in [4.69, 9.17) is 9.15 Å². The highest BCUT2D eigenvalue weighted by atomic mass is 28.3. The zero-order valence-corrected chi connectivity index (χ0v) is 24.4. The number of rotatable bonds is 8. The van der Waals surface area contributed by atoms with Crippen LogP contribution in [0.2, 0.25) is 25.7 Å². The van der Waals surface area contributed by atoms with Crippen molar-refractivity contribution in [1.29, 1.82) is 5.26 Å². The fraction of sp³-hybridized carbons (Fsp3) is 0.290. The van der Waals surface area contributed by atoms with Gasteiger partial charge in [-0.25, -0.2) is 9.20 Å². The van der Waals surface area contributed by atoms with Crippen LogP contribution in [0.25, 0.3) is 39.1 Å². The fourth-order valence-corrected chi connectivity index (χ4v) is 5.27. The first kappa shape index (κ1) is 27.3. The molecule has 0 radical (unpaired) electrons. The first-order chi connectivity index (χ1) is 19.0. The van der Waals surface area contributed by atoms with Crippen molar-refractivity contribution >= 4 is 24.7 Å². The molecule has 9 heteroatoms. The molecule has 5 rings (SSSR count). The van der Waals surface area contributed by atoms with Gasteiger partial charge in [-0.05, 0) is 37.1 Å². The lowest BCUT2D eigenvalue weighted by atomic mass is 9.85. The van der Waals surface area contributed by atoms with Gasteiger partial charge in [0.25, 0.3) is 0 Å². The Kier molecular flexibility index (Phi) is 7.08. The molecule has 0 saturated heterocycles. The van der Waals surface area contributed by atoms with Crippen LogP contribution < -0.4 is 11.1 Å². The van der Waals surface area contributed by atoms with E-state index in [1.54, 1.807) is 12.3 Å². The van der Waals surface area contributed by atoms with Crippen molar-refractivity contribution in [1.82, 2.24) is 14.2 Å². The summed E-state index contributed by atoms with van der Waals surface area (Å²) in [4.78, 5) is 27.1. The van der Waals surface area contributed by atoms with Gasteiger partial charge < -0.3 is 9.15 Å². The third-order valence-electron chi connectivity index (χ3n) is 7.03. The van der Waals surface area contributed by atoms with E-state index < -0.39 is 13.5 Å². The minimum absolute atomic E-state index is 0.0196. The Morgan fingerprint density at radius 1 is 1.00 bits per heavy atom. The Hall–Kier alpha value is -4.26. The second-order valence-corrected chi connectivity index (χ2v) is 17.3. The van der Waals surface area contributed by atoms with Crippen LogP contribution in [0.4, 0.5) is 0 Å². The van der Waals surface area contributed by atoms with E-state index in [2.05, 4.69) is 30.8 Å². The first-order valence-electron chi connectivity index (χ1n) is 13.2. The third-order valence-corrected chi connectivity index (χ3v) is 8.74. The number of nitriles is 1. The molecule has 40 heavy (non-hydrogen) atoms. The maximum absolute atomic E-state index is 14.0. The van der Waals surface area contributed by atoms with Crippen LogP contribution in [0.3, 0.4) is 0 Å². The fourth-order valence-electron chi connectivity index (χ4n) is 4.51. The van der Waals surface area contributed by atoms with Crippen LogP contribution in [0.5, 0.6) is 0 Å². The molecule has 0 atom stereocenters. The Morgan fingerprint density at radius 2 is 1.70 bits per heavy atom. The predicted octanol–water partition coefficient (Wildman–Crippen LogP) is 6.05. The zero-order valence-electron chi connectivity index (χ0n) is 23.4. The molecule has 204 valence electrons. The molecule has 0 saturated carbocycles. The summed E-state index contributed by atoms with van der Waals surface area (Å²) in [6.07, 6.45) is 1.55. The molecule has 0 bridgehead atoms. The molecule has 0 aliphatic rings. The molecular formula is C31H32N4O4Si. The molecule has 3 aromatic heterocycles. The maximum Gasteiger partial charge on any atom is 0.352 e. The largest absolute Gasteiger partial charge is 0.451 e. The van der Waals surface area contributed by atoms with Crippen molar-refractivity contribution in [2.45, 2.75) is 51.7 Å². The molecule has 8 nitrogen and oxygen atoms in total. The lowest BCUT2D eigenvalue weighted by Crippen LogP contribution is -2.25. The number of pyridine rings is 1. The van der Waals surface area contributed by atoms with Gasteiger partial charge in [-0.3, -0.25) is 4.79 Å². The molecule has 0 spiro atoms. The van der Waals surface area contributed by atoms with Gasteiger partial charge in [0.15, 0.2) is 5.58 Å². The molecule has 3 heterocycles. The average molecular weight is 553 g/mol. The average Bonchev–Trinajstić information content (AvgIpc) is 3.26. The van der Waals surface area contributed by atoms with Gasteiger partial charge in [-0.2, -0.15) is 9.94 Å². The quantitative estimate of drug-likeness (QED) is 0.172. The topological polar surface area (TPSA) is 103 Å². The summed E-state index contributed by atoms with van der Waals surface area (Å²) in [7, 11) is -1.27. The minimum atomic E-state index is -1.27. The summed E-state index contributed by atoms with van der Waals surface area (Å²) < 4.78 is 14.9. The number of hydrogen-bond acceptors (Lipinski definition) is 6. The van der Waals surface area contributed by atoms with Gasteiger partial charge in [0, 0.05) is 26.4 Å². The molecule has 0 aliphatic carbocycles. The van der Waals surface area contributed by atoms with Crippen LogP contribution in [0.1, 0.15) is 19.4 Å². The van der Waals surface area contributed by atoms with E-state index in [0.29, 0.717) is 28.9 Å². The standard InChI is InChI=1S/C31H32N4O4Si/c1-31(2,19-32)23-13-11-21(12-14-23)25-26(36)24-15-16-34-29(28(24)39-27(25)22-9-7-6-8-10-22)33-35(30(34)37)20-38-17-18-40(3,4)5/h6-16H,17-18,20H2,1-5H3. The van der Waals surface area contributed by atoms with Gasteiger partial charge in [-0.15, -0.1) is 5.10 Å². The van der Waals surface area contributed by atoms with Crippen molar-refractivity contribution in [2.75, 3.05) is 6.61 Å². The highest BCUT2D eigenvalue weighted by Crippen LogP contribution is 2.34. The highest BCUT2D eigenvalue weighted by Gasteiger charge is 2.23. The van der Waals surface area contributed by atoms with Crippen LogP contribution >= 0.6 is 0 Å². The number of benzene rings is 2.